The third-order valence-corrected chi connectivity index (χ3v) is 6.62. The molecule has 27 heavy (non-hydrogen) atoms. The molecule has 2 aromatic rings. The number of para-hydroxylation sites is 1. The van der Waals surface area contributed by atoms with Crippen LogP contribution in [0.5, 0.6) is 0 Å². The predicted molar refractivity (Wildman–Crippen MR) is 110 cm³/mol. The highest BCUT2D eigenvalue weighted by Crippen LogP contribution is 2.30. The normalized spacial score (nSPS) is 24.1. The summed E-state index contributed by atoms with van der Waals surface area (Å²) < 4.78 is 0. The minimum atomic E-state index is 0.125. The number of piperidine rings is 1. The predicted octanol–water partition coefficient (Wildman–Crippen LogP) is 3.41. The van der Waals surface area contributed by atoms with Gasteiger partial charge in [-0.1, -0.05) is 24.6 Å². The lowest BCUT2D eigenvalue weighted by atomic mass is 9.93. The second-order valence-corrected chi connectivity index (χ2v) is 8.53. The van der Waals surface area contributed by atoms with Crippen molar-refractivity contribution in [2.75, 3.05) is 18.0 Å². The minimum Gasteiger partial charge on any atom is -0.312 e. The van der Waals surface area contributed by atoms with Crippen LogP contribution in [0.2, 0.25) is 0 Å². The zero-order valence-corrected chi connectivity index (χ0v) is 16.8. The van der Waals surface area contributed by atoms with Gasteiger partial charge in [0.2, 0.25) is 5.91 Å². The van der Waals surface area contributed by atoms with Crippen molar-refractivity contribution in [3.63, 3.8) is 0 Å². The van der Waals surface area contributed by atoms with E-state index in [1.807, 2.05) is 17.2 Å². The third kappa shape index (κ3) is 4.23. The molecule has 1 amide bonds. The molecular weight excluding hydrogens is 356 g/mol. The largest absolute Gasteiger partial charge is 0.312 e. The SMILES string of the molecule is CC(=O)N1CCC2CCCC(CNCc3ccccc31)N2Cc1nccs1. The number of carbonyl (C=O) groups excluding carboxylic acids is 1. The fourth-order valence-corrected chi connectivity index (χ4v) is 5.14. The van der Waals surface area contributed by atoms with Crippen LogP contribution in [0, 0.1) is 0 Å². The number of aromatic nitrogens is 1. The molecule has 1 fully saturated rings. The lowest BCUT2D eigenvalue weighted by Gasteiger charge is -2.42. The molecule has 2 bridgehead atoms. The standard InChI is InChI=1S/C21H28N4OS/c1-16(26)24-11-9-18-6-4-7-19(25(18)15-21-23-10-12-27-21)14-22-13-17-5-2-3-8-20(17)24/h2-3,5,8,10,12,18-19,22H,4,6-7,9,11,13-15H2,1H3. The van der Waals surface area contributed by atoms with Crippen LogP contribution in [0.25, 0.3) is 0 Å². The van der Waals surface area contributed by atoms with Gasteiger partial charge in [-0.25, -0.2) is 4.98 Å². The van der Waals surface area contributed by atoms with Crippen LogP contribution < -0.4 is 10.2 Å². The van der Waals surface area contributed by atoms with Crippen LogP contribution in [-0.4, -0.2) is 41.0 Å². The van der Waals surface area contributed by atoms with E-state index in [1.54, 1.807) is 18.3 Å². The number of carbonyl (C=O) groups is 1. The summed E-state index contributed by atoms with van der Waals surface area (Å²) >= 11 is 1.74. The second kappa shape index (κ2) is 8.50. The van der Waals surface area contributed by atoms with Gasteiger partial charge in [-0.2, -0.15) is 0 Å². The molecule has 1 aromatic carbocycles. The van der Waals surface area contributed by atoms with E-state index in [1.165, 1.54) is 29.8 Å². The summed E-state index contributed by atoms with van der Waals surface area (Å²) in [6.45, 7) is 5.16. The highest BCUT2D eigenvalue weighted by Gasteiger charge is 2.32. The van der Waals surface area contributed by atoms with Crippen molar-refractivity contribution in [1.29, 1.82) is 0 Å². The number of hydrogen-bond acceptors (Lipinski definition) is 5. The average molecular weight is 385 g/mol. The first-order valence-electron chi connectivity index (χ1n) is 9.93. The molecule has 1 aromatic heterocycles. The maximum atomic E-state index is 12.4. The van der Waals surface area contributed by atoms with Gasteiger partial charge in [-0.05, 0) is 30.9 Å². The number of thiazole rings is 1. The monoisotopic (exact) mass is 384 g/mol. The molecule has 0 aliphatic carbocycles. The Morgan fingerprint density at radius 3 is 2.93 bits per heavy atom. The topological polar surface area (TPSA) is 48.5 Å². The van der Waals surface area contributed by atoms with Crippen molar-refractivity contribution < 1.29 is 4.79 Å². The molecule has 1 saturated heterocycles. The number of nitrogens with zero attached hydrogens (tertiary/aromatic N) is 3. The van der Waals surface area contributed by atoms with Crippen LogP contribution >= 0.6 is 11.3 Å². The number of amides is 1. The van der Waals surface area contributed by atoms with Gasteiger partial charge in [-0.15, -0.1) is 11.3 Å². The Bertz CT molecular complexity index is 763. The van der Waals surface area contributed by atoms with Crippen molar-refractivity contribution in [3.05, 3.63) is 46.4 Å². The maximum Gasteiger partial charge on any atom is 0.223 e. The number of nitrogens with one attached hydrogen (secondary N) is 1. The quantitative estimate of drug-likeness (QED) is 0.862. The number of hydrogen-bond donors (Lipinski definition) is 1. The molecule has 5 nitrogen and oxygen atoms in total. The molecule has 2 aliphatic heterocycles. The third-order valence-electron chi connectivity index (χ3n) is 5.86. The smallest absolute Gasteiger partial charge is 0.223 e. The Labute approximate surface area is 165 Å². The number of fused-ring (bicyclic) bond motifs is 3. The zero-order chi connectivity index (χ0) is 18.6. The van der Waals surface area contributed by atoms with E-state index >= 15 is 0 Å². The first-order valence-corrected chi connectivity index (χ1v) is 10.8. The van der Waals surface area contributed by atoms with E-state index in [2.05, 4.69) is 38.8 Å². The molecule has 6 heteroatoms. The molecule has 2 atom stereocenters. The first-order chi connectivity index (χ1) is 13.2. The van der Waals surface area contributed by atoms with E-state index in [0.717, 1.165) is 38.3 Å². The molecule has 0 spiro atoms. The maximum absolute atomic E-state index is 12.4. The molecular formula is C21H28N4OS. The van der Waals surface area contributed by atoms with Gasteiger partial charge < -0.3 is 10.2 Å². The Kier molecular flexibility index (Phi) is 5.86. The van der Waals surface area contributed by atoms with Gasteiger partial charge in [0.25, 0.3) is 0 Å². The lowest BCUT2D eigenvalue weighted by Crippen LogP contribution is -2.50. The van der Waals surface area contributed by atoms with Crippen molar-refractivity contribution in [2.45, 2.75) is 57.8 Å². The summed E-state index contributed by atoms with van der Waals surface area (Å²) in [5, 5.41) is 6.91. The highest BCUT2D eigenvalue weighted by molar-refractivity contribution is 7.09. The van der Waals surface area contributed by atoms with E-state index in [9.17, 15) is 4.79 Å². The summed E-state index contributed by atoms with van der Waals surface area (Å²) in [6.07, 6.45) is 6.60. The number of anilines is 1. The Balaban J connectivity index is 1.61. The molecule has 0 saturated carbocycles. The van der Waals surface area contributed by atoms with Crippen molar-refractivity contribution in [3.8, 4) is 0 Å². The molecule has 3 heterocycles. The Morgan fingerprint density at radius 2 is 2.11 bits per heavy atom. The molecule has 144 valence electrons. The fourth-order valence-electron chi connectivity index (χ4n) is 4.52. The molecule has 4 rings (SSSR count). The second-order valence-electron chi connectivity index (χ2n) is 7.56. The van der Waals surface area contributed by atoms with Crippen molar-refractivity contribution in [1.82, 2.24) is 15.2 Å². The Morgan fingerprint density at radius 1 is 1.26 bits per heavy atom. The number of rotatable bonds is 2. The van der Waals surface area contributed by atoms with Crippen molar-refractivity contribution in [2.24, 2.45) is 0 Å². The summed E-state index contributed by atoms with van der Waals surface area (Å²) in [4.78, 5) is 21.5. The van der Waals surface area contributed by atoms with Crippen LogP contribution in [0.3, 0.4) is 0 Å². The number of benzene rings is 1. The van der Waals surface area contributed by atoms with E-state index in [4.69, 9.17) is 0 Å². The molecule has 1 N–H and O–H groups in total. The van der Waals surface area contributed by atoms with E-state index in [-0.39, 0.29) is 5.91 Å². The van der Waals surface area contributed by atoms with Gasteiger partial charge in [0.1, 0.15) is 5.01 Å². The van der Waals surface area contributed by atoms with Crippen LogP contribution in [-0.2, 0) is 17.9 Å². The summed E-state index contributed by atoms with van der Waals surface area (Å²) in [6, 6.07) is 9.34. The minimum absolute atomic E-state index is 0.125. The van der Waals surface area contributed by atoms with Gasteiger partial charge in [0.05, 0.1) is 6.54 Å². The summed E-state index contributed by atoms with van der Waals surface area (Å²) in [5.74, 6) is 0.125. The van der Waals surface area contributed by atoms with E-state index < -0.39 is 0 Å². The van der Waals surface area contributed by atoms with Crippen LogP contribution in [0.15, 0.2) is 35.8 Å². The molecule has 2 aliphatic rings. The van der Waals surface area contributed by atoms with Gasteiger partial charge in [0, 0.05) is 55.9 Å². The lowest BCUT2D eigenvalue weighted by molar-refractivity contribution is -0.116. The summed E-state index contributed by atoms with van der Waals surface area (Å²) in [5.41, 5.74) is 2.26. The highest BCUT2D eigenvalue weighted by atomic mass is 32.1. The molecule has 0 radical (unpaired) electrons. The van der Waals surface area contributed by atoms with E-state index in [0.29, 0.717) is 12.1 Å². The summed E-state index contributed by atoms with van der Waals surface area (Å²) in [7, 11) is 0. The van der Waals surface area contributed by atoms with Crippen LogP contribution in [0.4, 0.5) is 5.69 Å². The fraction of sp³-hybridized carbons (Fsp3) is 0.524. The van der Waals surface area contributed by atoms with Crippen LogP contribution in [0.1, 0.15) is 43.2 Å². The van der Waals surface area contributed by atoms with Gasteiger partial charge >= 0.3 is 0 Å². The first kappa shape index (κ1) is 18.6. The Hall–Kier alpha value is -1.76. The average Bonchev–Trinajstić information content (AvgIpc) is 3.17. The van der Waals surface area contributed by atoms with Gasteiger partial charge in [-0.3, -0.25) is 9.69 Å². The zero-order valence-electron chi connectivity index (χ0n) is 15.9. The van der Waals surface area contributed by atoms with Gasteiger partial charge in [0.15, 0.2) is 0 Å². The molecule has 2 unspecified atom stereocenters. The van der Waals surface area contributed by atoms with Crippen molar-refractivity contribution >= 4 is 22.9 Å².